The van der Waals surface area contributed by atoms with Crippen LogP contribution in [0.1, 0.15) is 11.1 Å². The first-order valence-electron chi connectivity index (χ1n) is 9.39. The van der Waals surface area contributed by atoms with Crippen LogP contribution in [0.25, 0.3) is 11.4 Å². The molecule has 0 spiro atoms. The van der Waals surface area contributed by atoms with Crippen molar-refractivity contribution in [3.05, 3.63) is 87.9 Å². The average Bonchev–Trinajstić information content (AvgIpc) is 3.35. The minimum atomic E-state index is -0.195. The van der Waals surface area contributed by atoms with Crippen LogP contribution >= 0.6 is 23.8 Å². The number of amides is 1. The van der Waals surface area contributed by atoms with E-state index in [1.54, 1.807) is 16.8 Å². The first-order valence-corrected chi connectivity index (χ1v) is 10.2. The Morgan fingerprint density at radius 3 is 2.47 bits per heavy atom. The molecule has 0 unspecified atom stereocenters. The molecule has 0 saturated carbocycles. The summed E-state index contributed by atoms with van der Waals surface area (Å²) in [6, 6.07) is 17.0. The van der Waals surface area contributed by atoms with Crippen molar-refractivity contribution in [1.82, 2.24) is 19.1 Å². The molecule has 8 heteroatoms. The Balaban J connectivity index is 1.69. The molecule has 2 aromatic heterocycles. The maximum Gasteiger partial charge on any atom is 0.246 e. The Labute approximate surface area is 184 Å². The SMILES string of the molecule is Cc1cccc(NC(=O)Cn2nc(-c3ccc(Cl)cc3)n(-n3cccc3)c2=S)c1C. The number of nitrogens with zero attached hydrogens (tertiary/aromatic N) is 4. The highest BCUT2D eigenvalue weighted by Gasteiger charge is 2.16. The Kier molecular flexibility index (Phi) is 5.57. The highest BCUT2D eigenvalue weighted by molar-refractivity contribution is 7.71. The van der Waals surface area contributed by atoms with Crippen molar-refractivity contribution < 1.29 is 4.79 Å². The smallest absolute Gasteiger partial charge is 0.246 e. The molecule has 4 aromatic rings. The lowest BCUT2D eigenvalue weighted by Crippen LogP contribution is -2.20. The zero-order chi connectivity index (χ0) is 21.3. The van der Waals surface area contributed by atoms with Crippen molar-refractivity contribution in [3.8, 4) is 11.4 Å². The van der Waals surface area contributed by atoms with Crippen LogP contribution in [0.2, 0.25) is 5.02 Å². The first-order chi connectivity index (χ1) is 14.4. The minimum Gasteiger partial charge on any atom is -0.324 e. The zero-order valence-electron chi connectivity index (χ0n) is 16.5. The molecular formula is C22H20ClN5OS. The summed E-state index contributed by atoms with van der Waals surface area (Å²) in [4.78, 5) is 12.7. The summed E-state index contributed by atoms with van der Waals surface area (Å²) < 4.78 is 5.55. The molecule has 0 aliphatic rings. The van der Waals surface area contributed by atoms with Crippen LogP contribution in [-0.4, -0.2) is 25.0 Å². The Morgan fingerprint density at radius 1 is 1.07 bits per heavy atom. The van der Waals surface area contributed by atoms with Gasteiger partial charge in [0.25, 0.3) is 0 Å². The van der Waals surface area contributed by atoms with Gasteiger partial charge in [-0.2, -0.15) is 0 Å². The van der Waals surface area contributed by atoms with Crippen molar-refractivity contribution in [3.63, 3.8) is 0 Å². The summed E-state index contributed by atoms with van der Waals surface area (Å²) in [6.07, 6.45) is 3.74. The fourth-order valence-corrected chi connectivity index (χ4v) is 3.57. The normalized spacial score (nSPS) is 10.9. The number of hydrogen-bond donors (Lipinski definition) is 1. The molecule has 2 aromatic carbocycles. The van der Waals surface area contributed by atoms with Gasteiger partial charge in [-0.3, -0.25) is 9.47 Å². The molecule has 0 fully saturated rings. The standard InChI is InChI=1S/C22H20ClN5OS/c1-15-6-5-7-19(16(15)2)24-20(29)14-27-22(30)28(26-12-3-4-13-26)21(25-27)17-8-10-18(23)11-9-17/h3-13H,14H2,1-2H3,(H,24,29). The highest BCUT2D eigenvalue weighted by atomic mass is 35.5. The van der Waals surface area contributed by atoms with E-state index in [0.29, 0.717) is 15.6 Å². The van der Waals surface area contributed by atoms with E-state index in [1.165, 1.54) is 4.68 Å². The topological polar surface area (TPSA) is 56.8 Å². The van der Waals surface area contributed by atoms with Gasteiger partial charge in [0.15, 0.2) is 5.82 Å². The van der Waals surface area contributed by atoms with Gasteiger partial charge in [-0.25, -0.2) is 9.36 Å². The van der Waals surface area contributed by atoms with Gasteiger partial charge in [0, 0.05) is 28.7 Å². The third-order valence-electron chi connectivity index (χ3n) is 4.91. The van der Waals surface area contributed by atoms with Gasteiger partial charge in [-0.1, -0.05) is 23.7 Å². The van der Waals surface area contributed by atoms with Gasteiger partial charge in [0.1, 0.15) is 6.54 Å². The van der Waals surface area contributed by atoms with E-state index in [0.717, 1.165) is 22.4 Å². The largest absolute Gasteiger partial charge is 0.324 e. The van der Waals surface area contributed by atoms with Crippen molar-refractivity contribution in [1.29, 1.82) is 0 Å². The lowest BCUT2D eigenvalue weighted by molar-refractivity contribution is -0.116. The minimum absolute atomic E-state index is 0.00107. The number of benzene rings is 2. The van der Waals surface area contributed by atoms with Gasteiger partial charge in [0.2, 0.25) is 10.7 Å². The van der Waals surface area contributed by atoms with Gasteiger partial charge in [0.05, 0.1) is 0 Å². The summed E-state index contributed by atoms with van der Waals surface area (Å²) >= 11 is 11.7. The zero-order valence-corrected chi connectivity index (χ0v) is 18.1. The monoisotopic (exact) mass is 437 g/mol. The number of carbonyl (C=O) groups is 1. The van der Waals surface area contributed by atoms with E-state index in [9.17, 15) is 4.79 Å². The number of halogens is 1. The molecule has 1 amide bonds. The number of rotatable bonds is 5. The van der Waals surface area contributed by atoms with Crippen LogP contribution in [0, 0.1) is 18.6 Å². The molecule has 0 saturated heterocycles. The summed E-state index contributed by atoms with van der Waals surface area (Å²) in [5.41, 5.74) is 3.78. The summed E-state index contributed by atoms with van der Waals surface area (Å²) in [7, 11) is 0. The van der Waals surface area contributed by atoms with E-state index in [4.69, 9.17) is 23.8 Å². The van der Waals surface area contributed by atoms with Crippen LogP contribution in [0.3, 0.4) is 0 Å². The fraction of sp³-hybridized carbons (Fsp3) is 0.136. The Morgan fingerprint density at radius 2 is 1.77 bits per heavy atom. The number of hydrogen-bond acceptors (Lipinski definition) is 3. The third kappa shape index (κ3) is 3.94. The van der Waals surface area contributed by atoms with Gasteiger partial charge in [-0.05, 0) is 79.7 Å². The summed E-state index contributed by atoms with van der Waals surface area (Å²) in [6.45, 7) is 4.00. The van der Waals surface area contributed by atoms with E-state index >= 15 is 0 Å². The van der Waals surface area contributed by atoms with Crippen LogP contribution < -0.4 is 5.32 Å². The summed E-state index contributed by atoms with van der Waals surface area (Å²) in [5.74, 6) is 0.423. The van der Waals surface area contributed by atoms with E-state index in [2.05, 4.69) is 10.4 Å². The van der Waals surface area contributed by atoms with Crippen molar-refractivity contribution >= 4 is 35.4 Å². The third-order valence-corrected chi connectivity index (χ3v) is 5.55. The molecule has 0 aliphatic carbocycles. The molecule has 1 N–H and O–H groups in total. The fourth-order valence-electron chi connectivity index (χ4n) is 3.16. The Bertz CT molecular complexity index is 1260. The van der Waals surface area contributed by atoms with E-state index in [1.807, 2.05) is 73.4 Å². The quantitative estimate of drug-likeness (QED) is 0.442. The van der Waals surface area contributed by atoms with E-state index < -0.39 is 0 Å². The molecule has 6 nitrogen and oxygen atoms in total. The van der Waals surface area contributed by atoms with Crippen molar-refractivity contribution in [2.24, 2.45) is 0 Å². The number of nitrogens with one attached hydrogen (secondary N) is 1. The number of aromatic nitrogens is 4. The van der Waals surface area contributed by atoms with Crippen LogP contribution in [0.15, 0.2) is 67.0 Å². The molecule has 2 heterocycles. The molecule has 0 atom stereocenters. The van der Waals surface area contributed by atoms with Crippen molar-refractivity contribution in [2.75, 3.05) is 5.32 Å². The maximum absolute atomic E-state index is 12.7. The predicted octanol–water partition coefficient (Wildman–Crippen LogP) is 5.10. The molecule has 0 radical (unpaired) electrons. The lowest BCUT2D eigenvalue weighted by atomic mass is 10.1. The number of aryl methyl sites for hydroxylation is 1. The average molecular weight is 438 g/mol. The van der Waals surface area contributed by atoms with Crippen LogP contribution in [0.4, 0.5) is 5.69 Å². The predicted molar refractivity (Wildman–Crippen MR) is 121 cm³/mol. The molecule has 4 rings (SSSR count). The molecule has 30 heavy (non-hydrogen) atoms. The Hall–Kier alpha value is -3.16. The van der Waals surface area contributed by atoms with Crippen molar-refractivity contribution in [2.45, 2.75) is 20.4 Å². The van der Waals surface area contributed by atoms with E-state index in [-0.39, 0.29) is 12.5 Å². The summed E-state index contributed by atoms with van der Waals surface area (Å²) in [5, 5.41) is 8.23. The van der Waals surface area contributed by atoms with Crippen LogP contribution in [-0.2, 0) is 11.3 Å². The lowest BCUT2D eigenvalue weighted by Gasteiger charge is -2.10. The molecule has 0 aliphatic heterocycles. The van der Waals surface area contributed by atoms with Gasteiger partial charge >= 0.3 is 0 Å². The maximum atomic E-state index is 12.7. The highest BCUT2D eigenvalue weighted by Crippen LogP contribution is 2.22. The second-order valence-electron chi connectivity index (χ2n) is 6.94. The molecule has 152 valence electrons. The molecular weight excluding hydrogens is 418 g/mol. The second-order valence-corrected chi connectivity index (χ2v) is 7.74. The van der Waals surface area contributed by atoms with Gasteiger partial charge < -0.3 is 5.32 Å². The van der Waals surface area contributed by atoms with Gasteiger partial charge in [-0.15, -0.1) is 5.10 Å². The number of carbonyl (C=O) groups excluding carboxylic acids is 1. The van der Waals surface area contributed by atoms with Crippen LogP contribution in [0.5, 0.6) is 0 Å². The molecule has 0 bridgehead atoms. The number of anilines is 1. The second kappa shape index (κ2) is 8.30. The first kappa shape index (κ1) is 20.1.